The van der Waals surface area contributed by atoms with Crippen LogP contribution in [0.15, 0.2) is 55.2 Å². The Morgan fingerprint density at radius 1 is 1.12 bits per heavy atom. The van der Waals surface area contributed by atoms with Crippen molar-refractivity contribution >= 4 is 0 Å². The van der Waals surface area contributed by atoms with E-state index in [0.717, 1.165) is 17.8 Å². The summed E-state index contributed by atoms with van der Waals surface area (Å²) in [6.07, 6.45) is -0.119. The van der Waals surface area contributed by atoms with Gasteiger partial charge < -0.3 is 0 Å². The van der Waals surface area contributed by atoms with E-state index in [1.807, 2.05) is 12.1 Å². The minimum Gasteiger partial charge on any atom is -0.261 e. The smallest absolute Gasteiger partial charge is 0.261 e. The van der Waals surface area contributed by atoms with Gasteiger partial charge in [0.2, 0.25) is 0 Å². The van der Waals surface area contributed by atoms with Gasteiger partial charge in [-0.15, -0.1) is 0 Å². The molecule has 2 heterocycles. The van der Waals surface area contributed by atoms with Crippen LogP contribution in [-0.2, 0) is 19.1 Å². The lowest BCUT2D eigenvalue weighted by atomic mass is 9.93. The van der Waals surface area contributed by atoms with Gasteiger partial charge in [-0.05, 0) is 36.2 Å². The van der Waals surface area contributed by atoms with Crippen molar-refractivity contribution in [1.82, 2.24) is 19.7 Å². The molecule has 1 unspecified atom stereocenters. The summed E-state index contributed by atoms with van der Waals surface area (Å²) in [6.45, 7) is 0.495. The minimum absolute atomic E-state index is 0.0753. The highest BCUT2D eigenvalue weighted by molar-refractivity contribution is 5.33. The molecule has 5 nitrogen and oxygen atoms in total. The topological polar surface area (TPSA) is 67.4 Å². The van der Waals surface area contributed by atoms with Crippen LogP contribution in [0.4, 0.5) is 13.2 Å². The summed E-state index contributed by atoms with van der Waals surface area (Å²) in [5.74, 6) is -0.0753. The number of pyridine rings is 1. The summed E-state index contributed by atoms with van der Waals surface area (Å²) in [7, 11) is 0. The molecule has 0 N–H and O–H groups in total. The van der Waals surface area contributed by atoms with Crippen molar-refractivity contribution in [2.75, 3.05) is 0 Å². The van der Waals surface area contributed by atoms with Gasteiger partial charge in [0.25, 0.3) is 0 Å². The Kier molecular flexibility index (Phi) is 4.98. The summed E-state index contributed by atoms with van der Waals surface area (Å²) in [6, 6.07) is 11.6. The van der Waals surface area contributed by atoms with Crippen molar-refractivity contribution in [2.24, 2.45) is 0 Å². The number of aromatic nitrogens is 4. The zero-order valence-electron chi connectivity index (χ0n) is 13.6. The van der Waals surface area contributed by atoms with Gasteiger partial charge >= 0.3 is 6.18 Å². The first kappa shape index (κ1) is 17.6. The van der Waals surface area contributed by atoms with Gasteiger partial charge in [0.05, 0.1) is 17.2 Å². The Hall–Kier alpha value is -3.21. The number of hydrogen-bond acceptors (Lipinski definition) is 4. The zero-order valence-corrected chi connectivity index (χ0v) is 13.6. The molecule has 1 aromatic carbocycles. The minimum atomic E-state index is -4.40. The second kappa shape index (κ2) is 7.35. The van der Waals surface area contributed by atoms with E-state index in [2.05, 4.69) is 21.1 Å². The molecule has 0 bridgehead atoms. The summed E-state index contributed by atoms with van der Waals surface area (Å²) in [4.78, 5) is 7.87. The molecule has 8 heteroatoms. The number of rotatable bonds is 5. The molecule has 0 aliphatic heterocycles. The molecule has 0 spiro atoms. The van der Waals surface area contributed by atoms with Gasteiger partial charge in [-0.1, -0.05) is 12.1 Å². The molecule has 0 aliphatic carbocycles. The maximum atomic E-state index is 12.7. The van der Waals surface area contributed by atoms with Gasteiger partial charge in [-0.25, -0.2) is 4.98 Å². The molecular formula is C18H14F3N5. The highest BCUT2D eigenvalue weighted by Crippen LogP contribution is 2.29. The maximum Gasteiger partial charge on any atom is 0.417 e. The van der Waals surface area contributed by atoms with Gasteiger partial charge in [-0.3, -0.25) is 9.67 Å². The largest absolute Gasteiger partial charge is 0.417 e. The third kappa shape index (κ3) is 4.25. The fourth-order valence-corrected chi connectivity index (χ4v) is 2.64. The zero-order chi connectivity index (χ0) is 18.6. The first-order valence-electron chi connectivity index (χ1n) is 7.80. The SMILES string of the molecule is N#Cc1ccc(C(Cc2ccc(C(F)(F)F)cn2)Cn2cncn2)cc1. The lowest BCUT2D eigenvalue weighted by Gasteiger charge is -2.17. The van der Waals surface area contributed by atoms with Crippen LogP contribution in [0.5, 0.6) is 0 Å². The Morgan fingerprint density at radius 3 is 2.42 bits per heavy atom. The van der Waals surface area contributed by atoms with E-state index in [1.165, 1.54) is 12.4 Å². The predicted molar refractivity (Wildman–Crippen MR) is 86.9 cm³/mol. The summed E-state index contributed by atoms with van der Waals surface area (Å²) in [5.41, 5.74) is 1.27. The van der Waals surface area contributed by atoms with Crippen molar-refractivity contribution in [3.63, 3.8) is 0 Å². The van der Waals surface area contributed by atoms with Crippen LogP contribution in [0, 0.1) is 11.3 Å². The van der Waals surface area contributed by atoms with Crippen molar-refractivity contribution < 1.29 is 13.2 Å². The lowest BCUT2D eigenvalue weighted by Crippen LogP contribution is -2.14. The predicted octanol–water partition coefficient (Wildman–Crippen LogP) is 3.59. The first-order valence-corrected chi connectivity index (χ1v) is 7.80. The van der Waals surface area contributed by atoms with Gasteiger partial charge in [0.1, 0.15) is 12.7 Å². The lowest BCUT2D eigenvalue weighted by molar-refractivity contribution is -0.137. The molecule has 3 rings (SSSR count). The molecule has 0 saturated heterocycles. The molecule has 0 aliphatic rings. The molecular weight excluding hydrogens is 343 g/mol. The third-order valence-electron chi connectivity index (χ3n) is 3.99. The average Bonchev–Trinajstić information content (AvgIpc) is 3.14. The van der Waals surface area contributed by atoms with Crippen LogP contribution >= 0.6 is 0 Å². The van der Waals surface area contributed by atoms with Crippen LogP contribution in [0.3, 0.4) is 0 Å². The van der Waals surface area contributed by atoms with Crippen molar-refractivity contribution in [1.29, 1.82) is 5.26 Å². The molecule has 3 aromatic rings. The van der Waals surface area contributed by atoms with Crippen LogP contribution in [-0.4, -0.2) is 19.7 Å². The van der Waals surface area contributed by atoms with E-state index in [0.29, 0.717) is 24.2 Å². The van der Waals surface area contributed by atoms with Crippen molar-refractivity contribution in [3.05, 3.63) is 77.6 Å². The average molecular weight is 357 g/mol. The van der Waals surface area contributed by atoms with Crippen molar-refractivity contribution in [2.45, 2.75) is 25.1 Å². The van der Waals surface area contributed by atoms with E-state index in [9.17, 15) is 13.2 Å². The van der Waals surface area contributed by atoms with Crippen LogP contribution < -0.4 is 0 Å². The van der Waals surface area contributed by atoms with Gasteiger partial charge in [0, 0.05) is 24.4 Å². The monoisotopic (exact) mass is 357 g/mol. The van der Waals surface area contributed by atoms with E-state index in [1.54, 1.807) is 23.1 Å². The van der Waals surface area contributed by atoms with Crippen LogP contribution in [0.1, 0.15) is 28.3 Å². The summed E-state index contributed by atoms with van der Waals surface area (Å²) < 4.78 is 39.7. The number of alkyl halides is 3. The molecule has 0 saturated carbocycles. The number of nitrogens with zero attached hydrogens (tertiary/aromatic N) is 5. The number of halogens is 3. The molecule has 0 radical (unpaired) electrons. The molecule has 26 heavy (non-hydrogen) atoms. The van der Waals surface area contributed by atoms with E-state index < -0.39 is 11.7 Å². The van der Waals surface area contributed by atoms with Gasteiger partial charge in [-0.2, -0.15) is 23.5 Å². The highest BCUT2D eigenvalue weighted by Gasteiger charge is 2.30. The van der Waals surface area contributed by atoms with Crippen LogP contribution in [0.25, 0.3) is 0 Å². The molecule has 0 amide bonds. The standard InChI is InChI=1S/C18H14F3N5/c19-18(20,21)16-5-6-17(24-9-16)7-15(10-26-12-23-11-25-26)14-3-1-13(8-22)2-4-14/h1-6,9,11-12,15H,7,10H2. The second-order valence-electron chi connectivity index (χ2n) is 5.79. The Labute approximate surface area is 147 Å². The fraction of sp³-hybridized carbons (Fsp3) is 0.222. The quantitative estimate of drug-likeness (QED) is 0.700. The summed E-state index contributed by atoms with van der Waals surface area (Å²) >= 11 is 0. The molecule has 132 valence electrons. The number of nitriles is 1. The van der Waals surface area contributed by atoms with Crippen LogP contribution in [0.2, 0.25) is 0 Å². The van der Waals surface area contributed by atoms with E-state index in [4.69, 9.17) is 5.26 Å². The molecule has 1 atom stereocenters. The normalized spacial score (nSPS) is 12.5. The second-order valence-corrected chi connectivity index (χ2v) is 5.79. The fourth-order valence-electron chi connectivity index (χ4n) is 2.64. The number of hydrogen-bond donors (Lipinski definition) is 0. The molecule has 0 fully saturated rings. The molecule has 2 aromatic heterocycles. The van der Waals surface area contributed by atoms with E-state index >= 15 is 0 Å². The highest BCUT2D eigenvalue weighted by atomic mass is 19.4. The maximum absolute atomic E-state index is 12.7. The number of benzene rings is 1. The third-order valence-corrected chi connectivity index (χ3v) is 3.99. The van der Waals surface area contributed by atoms with Crippen molar-refractivity contribution in [3.8, 4) is 6.07 Å². The Morgan fingerprint density at radius 2 is 1.88 bits per heavy atom. The van der Waals surface area contributed by atoms with Gasteiger partial charge in [0.15, 0.2) is 0 Å². The van der Waals surface area contributed by atoms with E-state index in [-0.39, 0.29) is 5.92 Å². The Bertz CT molecular complexity index is 879. The Balaban J connectivity index is 1.84. The summed E-state index contributed by atoms with van der Waals surface area (Å²) in [5, 5.41) is 13.0. The first-order chi connectivity index (χ1) is 12.5.